The van der Waals surface area contributed by atoms with E-state index >= 15 is 0 Å². The van der Waals surface area contributed by atoms with Crippen LogP contribution in [0.5, 0.6) is 23.0 Å². The Hall–Kier alpha value is -4.45. The first kappa shape index (κ1) is 30.1. The van der Waals surface area contributed by atoms with E-state index < -0.39 is 24.3 Å². The first-order valence-corrected chi connectivity index (χ1v) is 12.8. The number of amides is 2. The molecule has 0 unspecified atom stereocenters. The molecule has 2 atom stereocenters. The van der Waals surface area contributed by atoms with Gasteiger partial charge in [0.05, 0.1) is 45.3 Å². The fourth-order valence-electron chi connectivity index (χ4n) is 3.92. The zero-order valence-corrected chi connectivity index (χ0v) is 23.3. The van der Waals surface area contributed by atoms with Crippen molar-refractivity contribution in [3.05, 3.63) is 58.8 Å². The molecule has 216 valence electrons. The number of methoxy groups -OCH3 is 2. The third kappa shape index (κ3) is 7.79. The minimum Gasteiger partial charge on any atom is -0.493 e. The van der Waals surface area contributed by atoms with Crippen LogP contribution in [-0.4, -0.2) is 63.6 Å². The van der Waals surface area contributed by atoms with Crippen LogP contribution in [0.15, 0.2) is 52.8 Å². The number of carbonyl (C=O) groups is 2. The van der Waals surface area contributed by atoms with Gasteiger partial charge in [0.25, 0.3) is 0 Å². The summed E-state index contributed by atoms with van der Waals surface area (Å²) in [7, 11) is 2.84. The summed E-state index contributed by atoms with van der Waals surface area (Å²) in [5.74, 6) is 1.41. The molecule has 2 aromatic carbocycles. The Labute approximate surface area is 233 Å². The number of urea groups is 1. The maximum Gasteiger partial charge on any atom is 0.337 e. The molecule has 3 rings (SSSR count). The number of ether oxygens (including phenoxy) is 5. The molecule has 0 saturated carbocycles. The number of aliphatic hydroxyl groups excluding tert-OH is 1. The maximum absolute atomic E-state index is 12.4. The van der Waals surface area contributed by atoms with E-state index in [1.807, 2.05) is 19.9 Å². The van der Waals surface area contributed by atoms with Gasteiger partial charge in [-0.05, 0) is 61.7 Å². The van der Waals surface area contributed by atoms with E-state index in [2.05, 4.69) is 21.2 Å². The van der Waals surface area contributed by atoms with Crippen LogP contribution >= 0.6 is 0 Å². The van der Waals surface area contributed by atoms with Crippen molar-refractivity contribution in [3.8, 4) is 23.0 Å². The fourth-order valence-corrected chi connectivity index (χ4v) is 3.92. The van der Waals surface area contributed by atoms with Crippen molar-refractivity contribution in [3.63, 3.8) is 0 Å². The summed E-state index contributed by atoms with van der Waals surface area (Å²) in [6, 6.07) is 9.23. The van der Waals surface area contributed by atoms with Crippen molar-refractivity contribution in [1.82, 2.24) is 16.1 Å². The first-order chi connectivity index (χ1) is 19.3. The Morgan fingerprint density at radius 1 is 1.07 bits per heavy atom. The minimum atomic E-state index is -1.13. The Morgan fingerprint density at radius 3 is 2.52 bits per heavy atom. The molecular formula is C28H36N4O8. The summed E-state index contributed by atoms with van der Waals surface area (Å²) in [6.07, 6.45) is 1.30. The summed E-state index contributed by atoms with van der Waals surface area (Å²) in [4.78, 5) is 24.5. The van der Waals surface area contributed by atoms with Crippen molar-refractivity contribution in [2.24, 2.45) is 5.10 Å². The lowest BCUT2D eigenvalue weighted by Crippen LogP contribution is -2.45. The highest BCUT2D eigenvalue weighted by atomic mass is 16.5. The highest BCUT2D eigenvalue weighted by molar-refractivity contribution is 5.95. The number of hydrazone groups is 1. The smallest absolute Gasteiger partial charge is 0.337 e. The molecule has 0 aliphatic carbocycles. The number of esters is 1. The van der Waals surface area contributed by atoms with Crippen LogP contribution in [0.2, 0.25) is 0 Å². The van der Waals surface area contributed by atoms with Crippen molar-refractivity contribution in [1.29, 1.82) is 0 Å². The zero-order chi connectivity index (χ0) is 29.1. The van der Waals surface area contributed by atoms with Gasteiger partial charge >= 0.3 is 12.0 Å². The summed E-state index contributed by atoms with van der Waals surface area (Å²) < 4.78 is 27.4. The molecule has 1 heterocycles. The minimum absolute atomic E-state index is 0.139. The second-order valence-corrected chi connectivity index (χ2v) is 8.67. The molecular weight excluding hydrogens is 520 g/mol. The quantitative estimate of drug-likeness (QED) is 0.119. The topological polar surface area (TPSA) is 149 Å². The predicted octanol–water partition coefficient (Wildman–Crippen LogP) is 3.00. The largest absolute Gasteiger partial charge is 0.493 e. The van der Waals surface area contributed by atoms with Crippen molar-refractivity contribution in [2.45, 2.75) is 39.5 Å². The van der Waals surface area contributed by atoms with Crippen LogP contribution < -0.4 is 35.0 Å². The highest BCUT2D eigenvalue weighted by Gasteiger charge is 2.32. The number of rotatable bonds is 14. The van der Waals surface area contributed by atoms with Gasteiger partial charge in [-0.15, -0.1) is 0 Å². The zero-order valence-electron chi connectivity index (χ0n) is 23.3. The molecule has 1 aliphatic rings. The first-order valence-electron chi connectivity index (χ1n) is 12.8. The molecule has 0 aromatic heterocycles. The Morgan fingerprint density at radius 2 is 1.82 bits per heavy atom. The lowest BCUT2D eigenvalue weighted by Gasteiger charge is -2.28. The van der Waals surface area contributed by atoms with E-state index in [1.54, 1.807) is 44.4 Å². The Balaban J connectivity index is 1.66. The van der Waals surface area contributed by atoms with Gasteiger partial charge in [-0.2, -0.15) is 5.10 Å². The highest BCUT2D eigenvalue weighted by Crippen LogP contribution is 2.35. The van der Waals surface area contributed by atoms with E-state index in [1.165, 1.54) is 13.3 Å². The second-order valence-electron chi connectivity index (χ2n) is 8.67. The van der Waals surface area contributed by atoms with Crippen LogP contribution in [0.1, 0.15) is 44.4 Å². The average Bonchev–Trinajstić information content (AvgIpc) is 2.95. The molecule has 2 aromatic rings. The van der Waals surface area contributed by atoms with E-state index in [9.17, 15) is 14.7 Å². The van der Waals surface area contributed by atoms with Gasteiger partial charge in [-0.1, -0.05) is 13.0 Å². The van der Waals surface area contributed by atoms with Crippen LogP contribution in [0.25, 0.3) is 0 Å². The molecule has 1 aliphatic heterocycles. The number of nitrogens with zero attached hydrogens (tertiary/aromatic N) is 1. The third-order valence-corrected chi connectivity index (χ3v) is 5.76. The number of carbonyl (C=O) groups excluding carboxylic acids is 2. The summed E-state index contributed by atoms with van der Waals surface area (Å²) >= 11 is 0. The van der Waals surface area contributed by atoms with Gasteiger partial charge < -0.3 is 39.4 Å². The molecule has 4 N–H and O–H groups in total. The van der Waals surface area contributed by atoms with Crippen molar-refractivity contribution >= 4 is 18.2 Å². The predicted molar refractivity (Wildman–Crippen MR) is 148 cm³/mol. The molecule has 40 heavy (non-hydrogen) atoms. The number of allylic oxidation sites excluding steroid dienone is 1. The number of benzene rings is 2. The number of nitrogens with one attached hydrogen (secondary N) is 3. The number of hydrogen-bond acceptors (Lipinski definition) is 10. The van der Waals surface area contributed by atoms with Gasteiger partial charge in [0.2, 0.25) is 0 Å². The van der Waals surface area contributed by atoms with Gasteiger partial charge in [0.15, 0.2) is 29.2 Å². The monoisotopic (exact) mass is 556 g/mol. The fraction of sp³-hybridized carbons (Fsp3) is 0.393. The van der Waals surface area contributed by atoms with E-state index in [0.717, 1.165) is 12.0 Å². The molecule has 0 saturated heterocycles. The molecule has 0 spiro atoms. The molecule has 0 fully saturated rings. The second kappa shape index (κ2) is 14.6. The van der Waals surface area contributed by atoms with Crippen LogP contribution in [0.3, 0.4) is 0 Å². The van der Waals surface area contributed by atoms with Crippen molar-refractivity contribution < 1.29 is 38.4 Å². The van der Waals surface area contributed by atoms with Gasteiger partial charge in [-0.25, -0.2) is 9.59 Å². The van der Waals surface area contributed by atoms with Crippen LogP contribution in [0.4, 0.5) is 4.79 Å². The molecule has 12 nitrogen and oxygen atoms in total. The Kier molecular flexibility index (Phi) is 11.0. The lowest BCUT2D eigenvalue weighted by atomic mass is 9.95. The Bertz CT molecular complexity index is 1250. The van der Waals surface area contributed by atoms with Gasteiger partial charge in [-0.3, -0.25) is 5.43 Å². The average molecular weight is 557 g/mol. The molecule has 0 bridgehead atoms. The van der Waals surface area contributed by atoms with Crippen LogP contribution in [-0.2, 0) is 9.53 Å². The maximum atomic E-state index is 12.4. The molecule has 2 amide bonds. The van der Waals surface area contributed by atoms with E-state index in [-0.39, 0.29) is 12.2 Å². The van der Waals surface area contributed by atoms with E-state index in [0.29, 0.717) is 47.5 Å². The SMILES string of the molecule is CCCOc1ccc(/C=N\N[C@@H](O)COc2ccc([C@H]3NC(=O)NC(C)=C3C(=O)OC)cc2OCC)cc1OC. The summed E-state index contributed by atoms with van der Waals surface area (Å²) in [5.41, 5.74) is 4.62. The normalized spacial score (nSPS) is 15.7. The number of hydrogen-bond donors (Lipinski definition) is 4. The number of aliphatic hydroxyl groups is 1. The lowest BCUT2D eigenvalue weighted by molar-refractivity contribution is -0.136. The van der Waals surface area contributed by atoms with Crippen molar-refractivity contribution in [2.75, 3.05) is 34.0 Å². The summed E-state index contributed by atoms with van der Waals surface area (Å²) in [6.45, 7) is 6.26. The van der Waals surface area contributed by atoms with E-state index in [4.69, 9.17) is 23.7 Å². The van der Waals surface area contributed by atoms with Gasteiger partial charge in [0.1, 0.15) is 6.61 Å². The van der Waals surface area contributed by atoms with Crippen LogP contribution in [0, 0.1) is 0 Å². The summed E-state index contributed by atoms with van der Waals surface area (Å²) in [5, 5.41) is 19.7. The van der Waals surface area contributed by atoms with Gasteiger partial charge in [0, 0.05) is 5.70 Å². The molecule has 0 radical (unpaired) electrons. The third-order valence-electron chi connectivity index (χ3n) is 5.76. The standard InChI is InChI=1S/C28H36N4O8/c1-6-12-39-20-10-8-18(13-22(20)36-4)15-29-32-24(33)16-40-21-11-9-19(14-23(21)38-7-2)26-25(27(34)37-5)17(3)30-28(35)31-26/h8-11,13-15,24,26,32-33H,6-7,12,16H2,1-5H3,(H2,30,31,35)/b29-15-/t24-,26+/m0/s1. The molecule has 12 heteroatoms.